The highest BCUT2D eigenvalue weighted by Gasteiger charge is 2.19. The molecule has 0 radical (unpaired) electrons. The van der Waals surface area contributed by atoms with Crippen molar-refractivity contribution in [3.05, 3.63) is 63.2 Å². The van der Waals surface area contributed by atoms with Gasteiger partial charge in [0.15, 0.2) is 0 Å². The first-order valence-electron chi connectivity index (χ1n) is 8.06. The lowest BCUT2D eigenvalue weighted by molar-refractivity contribution is -0.385. The fourth-order valence-electron chi connectivity index (χ4n) is 2.79. The predicted octanol–water partition coefficient (Wildman–Crippen LogP) is 4.67. The number of amides is 1. The smallest absolute Gasteiger partial charge is 0.313 e. The van der Waals surface area contributed by atoms with Crippen LogP contribution in [-0.4, -0.2) is 28.8 Å². The number of piperidine rings is 1. The number of rotatable bonds is 4. The molecule has 1 aliphatic rings. The minimum atomic E-state index is -0.546. The van der Waals surface area contributed by atoms with Gasteiger partial charge in [0, 0.05) is 29.7 Å². The maximum absolute atomic E-state index is 12.4. The third-order valence-electron chi connectivity index (χ3n) is 4.09. The average Bonchev–Trinajstić information content (AvgIpc) is 2.64. The van der Waals surface area contributed by atoms with E-state index in [0.717, 1.165) is 32.4 Å². The molecule has 1 fully saturated rings. The molecule has 0 aromatic heterocycles. The number of halogens is 1. The Bertz CT molecular complexity index is 786. The Labute approximate surface area is 150 Å². The molecular formula is C18H17ClN2O4. The van der Waals surface area contributed by atoms with Crippen LogP contribution >= 0.6 is 11.6 Å². The van der Waals surface area contributed by atoms with Crippen LogP contribution in [0.4, 0.5) is 5.69 Å². The summed E-state index contributed by atoms with van der Waals surface area (Å²) in [5, 5.41) is 11.4. The minimum absolute atomic E-state index is 0.00345. The molecule has 7 heteroatoms. The Hall–Kier alpha value is -2.60. The normalized spacial score (nSPS) is 14.2. The number of likely N-dealkylation sites (tertiary alicyclic amines) is 1. The summed E-state index contributed by atoms with van der Waals surface area (Å²) in [6, 6.07) is 10.8. The standard InChI is InChI=1S/C18H17ClN2O4/c19-14-6-9-17(16(12-14)21(23)24)25-15-7-4-13(5-8-15)18(22)20-10-2-1-3-11-20/h4-9,12H,1-3,10-11H2. The molecule has 6 nitrogen and oxygen atoms in total. The first kappa shape index (κ1) is 17.2. The minimum Gasteiger partial charge on any atom is -0.450 e. The zero-order valence-corrected chi connectivity index (χ0v) is 14.2. The predicted molar refractivity (Wildman–Crippen MR) is 94.4 cm³/mol. The van der Waals surface area contributed by atoms with Crippen LogP contribution in [0.2, 0.25) is 5.02 Å². The molecule has 0 atom stereocenters. The Morgan fingerprint density at radius 2 is 1.76 bits per heavy atom. The number of nitro groups is 1. The summed E-state index contributed by atoms with van der Waals surface area (Å²) in [7, 11) is 0. The van der Waals surface area contributed by atoms with E-state index in [1.54, 1.807) is 24.3 Å². The van der Waals surface area contributed by atoms with Crippen LogP contribution in [0.3, 0.4) is 0 Å². The zero-order valence-electron chi connectivity index (χ0n) is 13.5. The number of carbonyl (C=O) groups excluding carboxylic acids is 1. The number of carbonyl (C=O) groups is 1. The second-order valence-corrected chi connectivity index (χ2v) is 6.28. The van der Waals surface area contributed by atoms with Crippen molar-refractivity contribution in [3.63, 3.8) is 0 Å². The quantitative estimate of drug-likeness (QED) is 0.586. The van der Waals surface area contributed by atoms with E-state index in [0.29, 0.717) is 11.3 Å². The Morgan fingerprint density at radius 3 is 2.40 bits per heavy atom. The zero-order chi connectivity index (χ0) is 17.8. The van der Waals surface area contributed by atoms with Crippen LogP contribution in [0, 0.1) is 10.1 Å². The van der Waals surface area contributed by atoms with Crippen LogP contribution in [-0.2, 0) is 0 Å². The molecule has 2 aromatic rings. The topological polar surface area (TPSA) is 72.7 Å². The number of nitro benzene ring substituents is 1. The third kappa shape index (κ3) is 4.09. The van der Waals surface area contributed by atoms with Gasteiger partial charge in [0.25, 0.3) is 5.91 Å². The highest BCUT2D eigenvalue weighted by Crippen LogP contribution is 2.33. The van der Waals surface area contributed by atoms with Gasteiger partial charge in [0.1, 0.15) is 5.75 Å². The SMILES string of the molecule is O=C(c1ccc(Oc2ccc(Cl)cc2[N+](=O)[O-])cc1)N1CCCCC1. The third-order valence-corrected chi connectivity index (χ3v) is 4.33. The van der Waals surface area contributed by atoms with Crippen LogP contribution in [0.15, 0.2) is 42.5 Å². The van der Waals surface area contributed by atoms with E-state index in [1.807, 2.05) is 4.90 Å². The molecule has 0 aliphatic carbocycles. The number of benzene rings is 2. The summed E-state index contributed by atoms with van der Waals surface area (Å²) in [5.41, 5.74) is 0.376. The molecule has 2 aromatic carbocycles. The molecule has 0 saturated carbocycles. The largest absolute Gasteiger partial charge is 0.450 e. The van der Waals surface area contributed by atoms with Crippen molar-refractivity contribution in [2.45, 2.75) is 19.3 Å². The van der Waals surface area contributed by atoms with Crippen LogP contribution in [0.5, 0.6) is 11.5 Å². The summed E-state index contributed by atoms with van der Waals surface area (Å²) in [4.78, 5) is 24.8. The molecule has 0 bridgehead atoms. The number of hydrogen-bond acceptors (Lipinski definition) is 4. The van der Waals surface area contributed by atoms with Crippen LogP contribution < -0.4 is 4.74 Å². The highest BCUT2D eigenvalue weighted by atomic mass is 35.5. The Kier molecular flexibility index (Phi) is 5.19. The van der Waals surface area contributed by atoms with Gasteiger partial charge in [-0.25, -0.2) is 0 Å². The summed E-state index contributed by atoms with van der Waals surface area (Å²) >= 11 is 5.79. The fraction of sp³-hybridized carbons (Fsp3) is 0.278. The van der Waals surface area contributed by atoms with E-state index >= 15 is 0 Å². The second kappa shape index (κ2) is 7.53. The van der Waals surface area contributed by atoms with Crippen molar-refractivity contribution in [1.82, 2.24) is 4.90 Å². The lowest BCUT2D eigenvalue weighted by atomic mass is 10.1. The van der Waals surface area contributed by atoms with Gasteiger partial charge >= 0.3 is 5.69 Å². The summed E-state index contributed by atoms with van der Waals surface area (Å²) in [5.74, 6) is 0.522. The van der Waals surface area contributed by atoms with Crippen molar-refractivity contribution in [1.29, 1.82) is 0 Å². The summed E-state index contributed by atoms with van der Waals surface area (Å²) in [6.45, 7) is 1.57. The van der Waals surface area contributed by atoms with Crippen molar-refractivity contribution in [2.24, 2.45) is 0 Å². The maximum Gasteiger partial charge on any atom is 0.313 e. The highest BCUT2D eigenvalue weighted by molar-refractivity contribution is 6.30. The molecular weight excluding hydrogens is 344 g/mol. The van der Waals surface area contributed by atoms with Gasteiger partial charge < -0.3 is 9.64 Å². The van der Waals surface area contributed by atoms with Crippen molar-refractivity contribution < 1.29 is 14.5 Å². The van der Waals surface area contributed by atoms with Crippen LogP contribution in [0.1, 0.15) is 29.6 Å². The molecule has 0 N–H and O–H groups in total. The average molecular weight is 361 g/mol. The molecule has 1 saturated heterocycles. The second-order valence-electron chi connectivity index (χ2n) is 5.85. The molecule has 0 spiro atoms. The summed E-state index contributed by atoms with van der Waals surface area (Å²) in [6.07, 6.45) is 3.23. The number of ether oxygens (including phenoxy) is 1. The number of nitrogens with zero attached hydrogens (tertiary/aromatic N) is 2. The first-order valence-corrected chi connectivity index (χ1v) is 8.43. The fourth-order valence-corrected chi connectivity index (χ4v) is 2.96. The van der Waals surface area contributed by atoms with Gasteiger partial charge in [-0.05, 0) is 55.7 Å². The maximum atomic E-state index is 12.4. The van der Waals surface area contributed by atoms with Gasteiger partial charge in [0.2, 0.25) is 5.75 Å². The molecule has 1 aliphatic heterocycles. The van der Waals surface area contributed by atoms with Gasteiger partial charge in [-0.2, -0.15) is 0 Å². The first-order chi connectivity index (χ1) is 12.0. The van der Waals surface area contributed by atoms with Gasteiger partial charge in [-0.15, -0.1) is 0 Å². The van der Waals surface area contributed by atoms with Crippen molar-refractivity contribution in [3.8, 4) is 11.5 Å². The van der Waals surface area contributed by atoms with E-state index in [-0.39, 0.29) is 22.4 Å². The van der Waals surface area contributed by atoms with E-state index < -0.39 is 4.92 Å². The van der Waals surface area contributed by atoms with E-state index in [9.17, 15) is 14.9 Å². The Morgan fingerprint density at radius 1 is 1.08 bits per heavy atom. The lowest BCUT2D eigenvalue weighted by Gasteiger charge is -2.26. The van der Waals surface area contributed by atoms with E-state index in [4.69, 9.17) is 16.3 Å². The summed E-state index contributed by atoms with van der Waals surface area (Å²) < 4.78 is 5.58. The lowest BCUT2D eigenvalue weighted by Crippen LogP contribution is -2.35. The molecule has 1 amide bonds. The molecule has 25 heavy (non-hydrogen) atoms. The molecule has 1 heterocycles. The molecule has 130 valence electrons. The van der Waals surface area contributed by atoms with E-state index in [1.165, 1.54) is 18.2 Å². The number of hydrogen-bond donors (Lipinski definition) is 0. The van der Waals surface area contributed by atoms with Gasteiger partial charge in [-0.3, -0.25) is 14.9 Å². The molecule has 0 unspecified atom stereocenters. The Balaban J connectivity index is 1.75. The monoisotopic (exact) mass is 360 g/mol. The van der Waals surface area contributed by atoms with Crippen molar-refractivity contribution >= 4 is 23.2 Å². The van der Waals surface area contributed by atoms with Crippen molar-refractivity contribution in [2.75, 3.05) is 13.1 Å². The van der Waals surface area contributed by atoms with Gasteiger partial charge in [-0.1, -0.05) is 11.6 Å². The molecule has 3 rings (SSSR count). The van der Waals surface area contributed by atoms with Gasteiger partial charge in [0.05, 0.1) is 4.92 Å². The van der Waals surface area contributed by atoms with E-state index in [2.05, 4.69) is 0 Å². The van der Waals surface area contributed by atoms with Crippen LogP contribution in [0.25, 0.3) is 0 Å².